The van der Waals surface area contributed by atoms with Crippen LogP contribution < -0.4 is 0 Å². The number of hydrogen-bond donors (Lipinski definition) is 3. The fourth-order valence-corrected chi connectivity index (χ4v) is 1.53. The topological polar surface area (TPSA) is 53.1 Å². The summed E-state index contributed by atoms with van der Waals surface area (Å²) in [4.78, 5) is 13.7. The molecule has 0 bridgehead atoms. The Morgan fingerprint density at radius 3 is 2.62 bits per heavy atom. The lowest BCUT2D eigenvalue weighted by Crippen LogP contribution is -1.90. The van der Waals surface area contributed by atoms with E-state index < -0.39 is 5.97 Å². The fourth-order valence-electron chi connectivity index (χ4n) is 1.27. The maximum Gasteiger partial charge on any atom is 0.303 e. The molecule has 2 aromatic rings. The third-order valence-electron chi connectivity index (χ3n) is 2.03. The van der Waals surface area contributed by atoms with Crippen LogP contribution in [0.3, 0.4) is 0 Å². The smallest absolute Gasteiger partial charge is 0.303 e. The SMILES string of the molecule is CCCC(=O)O.Sc1c[nH]c2ccccc12. The summed E-state index contributed by atoms with van der Waals surface area (Å²) in [6, 6.07) is 8.10. The van der Waals surface area contributed by atoms with Crippen molar-refractivity contribution in [3.05, 3.63) is 30.5 Å². The van der Waals surface area contributed by atoms with Gasteiger partial charge in [-0.25, -0.2) is 0 Å². The molecule has 0 atom stereocenters. The van der Waals surface area contributed by atoms with Crippen molar-refractivity contribution < 1.29 is 9.90 Å². The van der Waals surface area contributed by atoms with Crippen molar-refractivity contribution in [1.29, 1.82) is 0 Å². The number of thiol groups is 1. The highest BCUT2D eigenvalue weighted by molar-refractivity contribution is 7.80. The highest BCUT2D eigenvalue weighted by Crippen LogP contribution is 2.19. The molecule has 0 aliphatic carbocycles. The number of carboxylic acid groups (broad SMARTS) is 1. The quantitative estimate of drug-likeness (QED) is 0.702. The first kappa shape index (κ1) is 12.6. The first-order chi connectivity index (χ1) is 7.65. The van der Waals surface area contributed by atoms with Crippen molar-refractivity contribution in [1.82, 2.24) is 4.98 Å². The number of fused-ring (bicyclic) bond motifs is 1. The van der Waals surface area contributed by atoms with Gasteiger partial charge in [-0.15, -0.1) is 12.6 Å². The molecule has 0 saturated carbocycles. The molecule has 3 nitrogen and oxygen atoms in total. The minimum Gasteiger partial charge on any atom is -0.481 e. The molecule has 2 N–H and O–H groups in total. The van der Waals surface area contributed by atoms with E-state index in [1.54, 1.807) is 0 Å². The summed E-state index contributed by atoms with van der Waals surface area (Å²) >= 11 is 4.27. The minimum atomic E-state index is -0.711. The first-order valence-corrected chi connectivity index (χ1v) is 5.56. The predicted octanol–water partition coefficient (Wildman–Crippen LogP) is 3.33. The van der Waals surface area contributed by atoms with Gasteiger partial charge in [0.15, 0.2) is 0 Å². The summed E-state index contributed by atoms with van der Waals surface area (Å²) in [6.07, 6.45) is 2.92. The van der Waals surface area contributed by atoms with Crippen LogP contribution in [0.25, 0.3) is 10.9 Å². The van der Waals surface area contributed by atoms with Gasteiger partial charge in [0.2, 0.25) is 0 Å². The zero-order valence-electron chi connectivity index (χ0n) is 9.10. The van der Waals surface area contributed by atoms with Crippen molar-refractivity contribution in [2.24, 2.45) is 0 Å². The van der Waals surface area contributed by atoms with Crippen LogP contribution in [0, 0.1) is 0 Å². The second kappa shape index (κ2) is 6.23. The Labute approximate surface area is 99.9 Å². The van der Waals surface area contributed by atoms with Crippen LogP contribution in [0.1, 0.15) is 19.8 Å². The number of rotatable bonds is 2. The molecular formula is C12H15NO2S. The Morgan fingerprint density at radius 2 is 2.12 bits per heavy atom. The van der Waals surface area contributed by atoms with Crippen molar-refractivity contribution in [3.63, 3.8) is 0 Å². The molecule has 0 unspecified atom stereocenters. The molecule has 86 valence electrons. The van der Waals surface area contributed by atoms with Gasteiger partial charge in [0, 0.05) is 28.4 Å². The Hall–Kier alpha value is -1.42. The largest absolute Gasteiger partial charge is 0.481 e. The van der Waals surface area contributed by atoms with Crippen molar-refractivity contribution in [2.75, 3.05) is 0 Å². The average Bonchev–Trinajstić information content (AvgIpc) is 2.62. The number of H-pyrrole nitrogens is 1. The van der Waals surface area contributed by atoms with Crippen molar-refractivity contribution >= 4 is 29.5 Å². The van der Waals surface area contributed by atoms with Crippen LogP contribution in [0.15, 0.2) is 35.4 Å². The third kappa shape index (κ3) is 3.62. The number of carboxylic acids is 1. The number of nitrogens with one attached hydrogen (secondary N) is 1. The van der Waals surface area contributed by atoms with E-state index in [9.17, 15) is 4.79 Å². The Morgan fingerprint density at radius 1 is 1.44 bits per heavy atom. The predicted molar refractivity (Wildman–Crippen MR) is 68.1 cm³/mol. The number of aliphatic carboxylic acids is 1. The molecule has 1 aromatic heterocycles. The summed E-state index contributed by atoms with van der Waals surface area (Å²) in [5, 5.41) is 9.10. The van der Waals surface area contributed by atoms with E-state index in [2.05, 4.69) is 17.6 Å². The standard InChI is InChI=1S/C8H7NS.C4H8O2/c10-8-5-9-7-4-2-1-3-6(7)8;1-2-3-4(5)6/h1-5,9-10H;2-3H2,1H3,(H,5,6). The van der Waals surface area contributed by atoms with Crippen LogP contribution in [0.5, 0.6) is 0 Å². The lowest BCUT2D eigenvalue weighted by molar-refractivity contribution is -0.137. The Kier molecular flexibility index (Phi) is 4.92. The first-order valence-electron chi connectivity index (χ1n) is 5.12. The number of benzene rings is 1. The van der Waals surface area contributed by atoms with Gasteiger partial charge < -0.3 is 10.1 Å². The lowest BCUT2D eigenvalue weighted by Gasteiger charge is -1.86. The molecule has 2 rings (SSSR count). The zero-order chi connectivity index (χ0) is 12.0. The second-order valence-electron chi connectivity index (χ2n) is 3.36. The Bertz CT molecular complexity index is 465. The number of hydrogen-bond acceptors (Lipinski definition) is 2. The highest BCUT2D eigenvalue weighted by Gasteiger charge is 1.95. The van der Waals surface area contributed by atoms with Crippen LogP contribution >= 0.6 is 12.6 Å². The molecule has 1 heterocycles. The van der Waals surface area contributed by atoms with Gasteiger partial charge in [-0.05, 0) is 12.5 Å². The van der Waals surface area contributed by atoms with E-state index in [0.717, 1.165) is 16.8 Å². The van der Waals surface area contributed by atoms with Crippen LogP contribution in [-0.4, -0.2) is 16.1 Å². The molecule has 0 aliphatic heterocycles. The van der Waals surface area contributed by atoms with Gasteiger partial charge in [0.25, 0.3) is 0 Å². The van der Waals surface area contributed by atoms with Gasteiger partial charge in [-0.1, -0.05) is 25.1 Å². The van der Waals surface area contributed by atoms with Gasteiger partial charge in [-0.2, -0.15) is 0 Å². The van der Waals surface area contributed by atoms with E-state index in [-0.39, 0.29) is 0 Å². The average molecular weight is 237 g/mol. The molecule has 16 heavy (non-hydrogen) atoms. The fraction of sp³-hybridized carbons (Fsp3) is 0.250. The number of para-hydroxylation sites is 1. The molecule has 0 spiro atoms. The van der Waals surface area contributed by atoms with Gasteiger partial charge >= 0.3 is 5.97 Å². The van der Waals surface area contributed by atoms with E-state index in [1.165, 1.54) is 5.39 Å². The summed E-state index contributed by atoms with van der Waals surface area (Å²) in [6.45, 7) is 1.84. The number of aromatic nitrogens is 1. The molecule has 0 fully saturated rings. The lowest BCUT2D eigenvalue weighted by atomic mass is 10.2. The maximum absolute atomic E-state index is 9.60. The van der Waals surface area contributed by atoms with E-state index in [1.807, 2.05) is 37.4 Å². The summed E-state index contributed by atoms with van der Waals surface area (Å²) in [5.41, 5.74) is 1.15. The highest BCUT2D eigenvalue weighted by atomic mass is 32.1. The number of carbonyl (C=O) groups is 1. The van der Waals surface area contributed by atoms with E-state index >= 15 is 0 Å². The molecule has 1 aromatic carbocycles. The normalized spacial score (nSPS) is 9.62. The molecule has 0 amide bonds. The van der Waals surface area contributed by atoms with Crippen LogP contribution in [-0.2, 0) is 4.79 Å². The number of aromatic amines is 1. The molecular weight excluding hydrogens is 222 g/mol. The van der Waals surface area contributed by atoms with Crippen molar-refractivity contribution in [3.8, 4) is 0 Å². The summed E-state index contributed by atoms with van der Waals surface area (Å²) in [5.74, 6) is -0.711. The molecule has 0 radical (unpaired) electrons. The summed E-state index contributed by atoms with van der Waals surface area (Å²) in [7, 11) is 0. The van der Waals surface area contributed by atoms with Crippen LogP contribution in [0.4, 0.5) is 0 Å². The Balaban J connectivity index is 0.000000187. The summed E-state index contributed by atoms with van der Waals surface area (Å²) < 4.78 is 0. The van der Waals surface area contributed by atoms with Gasteiger partial charge in [0.05, 0.1) is 0 Å². The maximum atomic E-state index is 9.60. The van der Waals surface area contributed by atoms with Crippen LogP contribution in [0.2, 0.25) is 0 Å². The van der Waals surface area contributed by atoms with E-state index in [4.69, 9.17) is 5.11 Å². The third-order valence-corrected chi connectivity index (χ3v) is 2.40. The second-order valence-corrected chi connectivity index (χ2v) is 3.85. The van der Waals surface area contributed by atoms with Crippen molar-refractivity contribution in [2.45, 2.75) is 24.7 Å². The molecule has 4 heteroatoms. The van der Waals surface area contributed by atoms with Gasteiger partial charge in [0.1, 0.15) is 0 Å². The molecule has 0 saturated heterocycles. The van der Waals surface area contributed by atoms with E-state index in [0.29, 0.717) is 6.42 Å². The zero-order valence-corrected chi connectivity index (χ0v) is 10.00. The monoisotopic (exact) mass is 237 g/mol. The molecule has 0 aliphatic rings. The van der Waals surface area contributed by atoms with Gasteiger partial charge in [-0.3, -0.25) is 4.79 Å². The minimum absolute atomic E-state index is 0.292.